The lowest BCUT2D eigenvalue weighted by Gasteiger charge is -2.30. The Kier molecular flexibility index (Phi) is 6.82. The van der Waals surface area contributed by atoms with Gasteiger partial charge in [0.25, 0.3) is 0 Å². The number of benzene rings is 2. The standard InChI is InChI=1S/C18H14Br2F6/c19-13-5-1-3-11(7-13)15(9-17(21,22)23)16(10-18(24,25)26)12-4-2-6-14(20)8-12/h1-8,15-16H,9-10H2. The van der Waals surface area contributed by atoms with Gasteiger partial charge in [0.1, 0.15) is 0 Å². The van der Waals surface area contributed by atoms with E-state index in [1.165, 1.54) is 36.4 Å². The van der Waals surface area contributed by atoms with Gasteiger partial charge >= 0.3 is 12.4 Å². The summed E-state index contributed by atoms with van der Waals surface area (Å²) in [4.78, 5) is 0. The molecule has 0 saturated heterocycles. The molecule has 26 heavy (non-hydrogen) atoms. The molecule has 0 amide bonds. The highest BCUT2D eigenvalue weighted by atomic mass is 79.9. The van der Waals surface area contributed by atoms with Gasteiger partial charge in [-0.2, -0.15) is 26.3 Å². The van der Waals surface area contributed by atoms with Crippen molar-refractivity contribution in [3.05, 3.63) is 68.6 Å². The summed E-state index contributed by atoms with van der Waals surface area (Å²) in [5.74, 6) is -2.72. The summed E-state index contributed by atoms with van der Waals surface area (Å²) >= 11 is 6.36. The van der Waals surface area contributed by atoms with Crippen molar-refractivity contribution < 1.29 is 26.3 Å². The molecule has 0 N–H and O–H groups in total. The van der Waals surface area contributed by atoms with Crippen LogP contribution in [0.3, 0.4) is 0 Å². The quantitative estimate of drug-likeness (QED) is 0.363. The van der Waals surface area contributed by atoms with Crippen molar-refractivity contribution in [2.24, 2.45) is 0 Å². The molecule has 8 heteroatoms. The second-order valence-electron chi connectivity index (χ2n) is 5.96. The maximum Gasteiger partial charge on any atom is 0.389 e. The van der Waals surface area contributed by atoms with E-state index < -0.39 is 37.0 Å². The third-order valence-corrected chi connectivity index (χ3v) is 4.93. The average Bonchev–Trinajstić information content (AvgIpc) is 2.49. The molecule has 0 fully saturated rings. The van der Waals surface area contributed by atoms with E-state index in [1.54, 1.807) is 12.1 Å². The molecular weight excluding hydrogens is 490 g/mol. The first-order chi connectivity index (χ1) is 11.9. The van der Waals surface area contributed by atoms with Crippen LogP contribution in [0.25, 0.3) is 0 Å². The van der Waals surface area contributed by atoms with Crippen LogP contribution in [0.1, 0.15) is 35.8 Å². The van der Waals surface area contributed by atoms with E-state index in [4.69, 9.17) is 0 Å². The van der Waals surface area contributed by atoms with Gasteiger partial charge in [0.2, 0.25) is 0 Å². The van der Waals surface area contributed by atoms with Crippen molar-refractivity contribution in [1.29, 1.82) is 0 Å². The fraction of sp³-hybridized carbons (Fsp3) is 0.333. The van der Waals surface area contributed by atoms with Gasteiger partial charge < -0.3 is 0 Å². The van der Waals surface area contributed by atoms with Gasteiger partial charge in [-0.25, -0.2) is 0 Å². The number of halogens is 8. The highest BCUT2D eigenvalue weighted by molar-refractivity contribution is 9.10. The molecule has 0 saturated carbocycles. The van der Waals surface area contributed by atoms with E-state index in [1.807, 2.05) is 0 Å². The largest absolute Gasteiger partial charge is 0.389 e. The minimum Gasteiger partial charge on any atom is -0.171 e. The Hall–Kier alpha value is -1.02. The summed E-state index contributed by atoms with van der Waals surface area (Å²) < 4.78 is 80.1. The zero-order valence-electron chi connectivity index (χ0n) is 13.2. The fourth-order valence-electron chi connectivity index (χ4n) is 2.96. The maximum atomic E-state index is 13.2. The second-order valence-corrected chi connectivity index (χ2v) is 7.79. The summed E-state index contributed by atoms with van der Waals surface area (Å²) in [5.41, 5.74) is 0.428. The molecule has 0 heterocycles. The topological polar surface area (TPSA) is 0 Å². The lowest BCUT2D eigenvalue weighted by Crippen LogP contribution is -2.24. The fourth-order valence-corrected chi connectivity index (χ4v) is 3.79. The van der Waals surface area contributed by atoms with Crippen molar-refractivity contribution in [1.82, 2.24) is 0 Å². The molecule has 0 aliphatic heterocycles. The monoisotopic (exact) mass is 502 g/mol. The Morgan fingerprint density at radius 1 is 0.654 bits per heavy atom. The van der Waals surface area contributed by atoms with Crippen LogP contribution in [0.2, 0.25) is 0 Å². The average molecular weight is 504 g/mol. The minimum atomic E-state index is -4.59. The molecule has 0 aliphatic rings. The van der Waals surface area contributed by atoms with E-state index in [0.29, 0.717) is 8.95 Å². The van der Waals surface area contributed by atoms with Crippen LogP contribution in [0.4, 0.5) is 26.3 Å². The van der Waals surface area contributed by atoms with Crippen molar-refractivity contribution in [2.75, 3.05) is 0 Å². The highest BCUT2D eigenvalue weighted by Crippen LogP contribution is 2.46. The van der Waals surface area contributed by atoms with Crippen LogP contribution < -0.4 is 0 Å². The molecule has 2 aromatic carbocycles. The molecular formula is C18H14Br2F6. The van der Waals surface area contributed by atoms with Crippen LogP contribution >= 0.6 is 31.9 Å². The van der Waals surface area contributed by atoms with Crippen molar-refractivity contribution in [2.45, 2.75) is 37.0 Å². The lowest BCUT2D eigenvalue weighted by atomic mass is 9.77. The summed E-state index contributed by atoms with van der Waals surface area (Å²) in [6.07, 6.45) is -11.9. The Morgan fingerprint density at radius 2 is 1.00 bits per heavy atom. The molecule has 0 spiro atoms. The molecule has 0 nitrogen and oxygen atoms in total. The Bertz CT molecular complexity index is 675. The third kappa shape index (κ3) is 6.61. The summed E-state index contributed by atoms with van der Waals surface area (Å²) in [6, 6.07) is 12.0. The lowest BCUT2D eigenvalue weighted by molar-refractivity contribution is -0.154. The highest BCUT2D eigenvalue weighted by Gasteiger charge is 2.42. The van der Waals surface area contributed by atoms with E-state index in [-0.39, 0.29) is 11.1 Å². The van der Waals surface area contributed by atoms with Gasteiger partial charge in [-0.3, -0.25) is 0 Å². The van der Waals surface area contributed by atoms with Gasteiger partial charge in [-0.15, -0.1) is 0 Å². The molecule has 0 radical (unpaired) electrons. The second kappa shape index (κ2) is 8.33. The first-order valence-corrected chi connectivity index (χ1v) is 9.17. The van der Waals surface area contributed by atoms with E-state index >= 15 is 0 Å². The molecule has 2 unspecified atom stereocenters. The Morgan fingerprint density at radius 3 is 1.27 bits per heavy atom. The molecule has 0 aromatic heterocycles. The Balaban J connectivity index is 2.56. The van der Waals surface area contributed by atoms with Crippen molar-refractivity contribution in [3.63, 3.8) is 0 Å². The first kappa shape index (κ1) is 21.3. The molecule has 0 bridgehead atoms. The van der Waals surface area contributed by atoms with Gasteiger partial charge in [0.05, 0.1) is 12.8 Å². The van der Waals surface area contributed by atoms with E-state index in [0.717, 1.165) is 0 Å². The van der Waals surface area contributed by atoms with Crippen LogP contribution in [-0.2, 0) is 0 Å². The summed E-state index contributed by atoms with van der Waals surface area (Å²) in [6.45, 7) is 0. The van der Waals surface area contributed by atoms with E-state index in [9.17, 15) is 26.3 Å². The zero-order chi connectivity index (χ0) is 19.5. The van der Waals surface area contributed by atoms with Crippen LogP contribution in [0.15, 0.2) is 57.5 Å². The number of alkyl halides is 6. The number of rotatable bonds is 5. The van der Waals surface area contributed by atoms with Gasteiger partial charge in [0.15, 0.2) is 0 Å². The van der Waals surface area contributed by atoms with Gasteiger partial charge in [-0.05, 0) is 47.2 Å². The number of hydrogen-bond acceptors (Lipinski definition) is 0. The van der Waals surface area contributed by atoms with Gasteiger partial charge in [-0.1, -0.05) is 56.1 Å². The maximum absolute atomic E-state index is 13.2. The van der Waals surface area contributed by atoms with Crippen LogP contribution in [-0.4, -0.2) is 12.4 Å². The van der Waals surface area contributed by atoms with E-state index in [2.05, 4.69) is 31.9 Å². The normalized spacial score (nSPS) is 14.9. The van der Waals surface area contributed by atoms with Gasteiger partial charge in [0, 0.05) is 8.95 Å². The van der Waals surface area contributed by atoms with Crippen molar-refractivity contribution >= 4 is 31.9 Å². The predicted octanol–water partition coefficient (Wildman–Crippen LogP) is 7.98. The minimum absolute atomic E-state index is 0.214. The summed E-state index contributed by atoms with van der Waals surface area (Å²) in [7, 11) is 0. The number of hydrogen-bond donors (Lipinski definition) is 0. The summed E-state index contributed by atoms with van der Waals surface area (Å²) in [5, 5.41) is 0. The molecule has 2 aromatic rings. The molecule has 2 rings (SSSR count). The smallest absolute Gasteiger partial charge is 0.171 e. The Labute approximate surface area is 163 Å². The van der Waals surface area contributed by atoms with Crippen molar-refractivity contribution in [3.8, 4) is 0 Å². The third-order valence-electron chi connectivity index (χ3n) is 3.94. The zero-order valence-corrected chi connectivity index (χ0v) is 16.4. The predicted molar refractivity (Wildman–Crippen MR) is 95.1 cm³/mol. The first-order valence-electron chi connectivity index (χ1n) is 7.59. The van der Waals surface area contributed by atoms with Crippen LogP contribution in [0.5, 0.6) is 0 Å². The SMILES string of the molecule is FC(F)(F)CC(c1cccc(Br)c1)C(CC(F)(F)F)c1cccc(Br)c1. The molecule has 0 aliphatic carbocycles. The molecule has 142 valence electrons. The van der Waals surface area contributed by atoms with Crippen LogP contribution in [0, 0.1) is 0 Å². The molecule has 2 atom stereocenters.